The lowest BCUT2D eigenvalue weighted by molar-refractivity contribution is -0.127. The summed E-state index contributed by atoms with van der Waals surface area (Å²) in [5, 5.41) is 15.6. The zero-order valence-electron chi connectivity index (χ0n) is 16.6. The van der Waals surface area contributed by atoms with Crippen molar-refractivity contribution in [2.45, 2.75) is 32.0 Å². The molecule has 0 atom stereocenters. The molecule has 0 spiro atoms. The molecule has 0 N–H and O–H groups in total. The Labute approximate surface area is 174 Å². The first-order chi connectivity index (χ1) is 14.2. The van der Waals surface area contributed by atoms with E-state index >= 15 is 0 Å². The van der Waals surface area contributed by atoms with Crippen molar-refractivity contribution in [2.24, 2.45) is 5.10 Å². The minimum absolute atomic E-state index is 0.0102. The molecule has 2 heterocycles. The number of carbonyl (C=O) groups is 1. The average molecular weight is 406 g/mol. The van der Waals surface area contributed by atoms with Gasteiger partial charge in [-0.2, -0.15) is 5.10 Å². The van der Waals surface area contributed by atoms with Gasteiger partial charge in [-0.05, 0) is 25.0 Å². The van der Waals surface area contributed by atoms with Crippen LogP contribution in [0.3, 0.4) is 0 Å². The maximum Gasteiger partial charge on any atom is 0.253 e. The molecule has 0 radical (unpaired) electrons. The van der Waals surface area contributed by atoms with Crippen molar-refractivity contribution in [3.8, 4) is 11.4 Å². The highest BCUT2D eigenvalue weighted by molar-refractivity contribution is 7.99. The third-order valence-electron chi connectivity index (χ3n) is 4.94. The minimum atomic E-state index is -0.0102. The summed E-state index contributed by atoms with van der Waals surface area (Å²) in [6.45, 7) is 5.50. The van der Waals surface area contributed by atoms with E-state index in [1.54, 1.807) is 5.01 Å². The summed E-state index contributed by atoms with van der Waals surface area (Å²) in [6.07, 6.45) is 0.781. The van der Waals surface area contributed by atoms with Gasteiger partial charge in [0.1, 0.15) is 0 Å². The number of rotatable bonds is 6. The maximum absolute atomic E-state index is 12.7. The molecular formula is C22H23N5OS. The van der Waals surface area contributed by atoms with Crippen molar-refractivity contribution >= 4 is 23.4 Å². The summed E-state index contributed by atoms with van der Waals surface area (Å²) in [6, 6.07) is 18.1. The number of amides is 1. The third kappa shape index (κ3) is 4.10. The normalized spacial score (nSPS) is 13.6. The van der Waals surface area contributed by atoms with Gasteiger partial charge in [0.05, 0.1) is 18.0 Å². The second-order valence-electron chi connectivity index (χ2n) is 6.83. The van der Waals surface area contributed by atoms with Crippen molar-refractivity contribution < 1.29 is 4.79 Å². The highest BCUT2D eigenvalue weighted by Crippen LogP contribution is 2.26. The van der Waals surface area contributed by atoms with Crippen LogP contribution in [0.15, 0.2) is 64.9 Å². The number of aromatic nitrogens is 3. The summed E-state index contributed by atoms with van der Waals surface area (Å²) in [5.41, 5.74) is 4.25. The first-order valence-electron chi connectivity index (χ1n) is 9.72. The van der Waals surface area contributed by atoms with Gasteiger partial charge in [-0.25, -0.2) is 5.01 Å². The second kappa shape index (κ2) is 8.61. The molecule has 0 saturated heterocycles. The molecule has 6 nitrogen and oxygen atoms in total. The fourth-order valence-corrected chi connectivity index (χ4v) is 4.25. The van der Waals surface area contributed by atoms with Gasteiger partial charge >= 0.3 is 0 Å². The van der Waals surface area contributed by atoms with E-state index in [1.807, 2.05) is 42.5 Å². The SMILES string of the molecule is CCn1c(SCC(=O)N2CCC(c3ccccc3)=N2)nnc1-c1ccccc1C. The molecule has 148 valence electrons. The van der Waals surface area contributed by atoms with Crippen LogP contribution in [0.2, 0.25) is 0 Å². The van der Waals surface area contributed by atoms with Crippen LogP contribution in [0.4, 0.5) is 0 Å². The van der Waals surface area contributed by atoms with Crippen LogP contribution in [-0.2, 0) is 11.3 Å². The van der Waals surface area contributed by atoms with Crippen LogP contribution < -0.4 is 0 Å². The van der Waals surface area contributed by atoms with Gasteiger partial charge in [0.15, 0.2) is 11.0 Å². The Bertz CT molecular complexity index is 1040. The Morgan fingerprint density at radius 3 is 2.59 bits per heavy atom. The van der Waals surface area contributed by atoms with Crippen LogP contribution >= 0.6 is 11.8 Å². The van der Waals surface area contributed by atoms with Crippen molar-refractivity contribution in [3.63, 3.8) is 0 Å². The number of hydrogen-bond donors (Lipinski definition) is 0. The van der Waals surface area contributed by atoms with E-state index in [0.29, 0.717) is 6.54 Å². The van der Waals surface area contributed by atoms with Gasteiger partial charge in [-0.1, -0.05) is 66.4 Å². The molecule has 0 bridgehead atoms. The molecule has 29 heavy (non-hydrogen) atoms. The van der Waals surface area contributed by atoms with E-state index in [9.17, 15) is 4.79 Å². The van der Waals surface area contributed by atoms with Crippen LogP contribution in [0.5, 0.6) is 0 Å². The predicted octanol–water partition coefficient (Wildman–Crippen LogP) is 4.00. The van der Waals surface area contributed by atoms with Crippen LogP contribution in [-0.4, -0.2) is 43.7 Å². The zero-order chi connectivity index (χ0) is 20.2. The van der Waals surface area contributed by atoms with Gasteiger partial charge in [-0.3, -0.25) is 4.79 Å². The quantitative estimate of drug-likeness (QED) is 0.582. The first kappa shape index (κ1) is 19.4. The number of aryl methyl sites for hydroxylation is 1. The highest BCUT2D eigenvalue weighted by atomic mass is 32.2. The number of benzene rings is 2. The largest absolute Gasteiger partial charge is 0.302 e. The van der Waals surface area contributed by atoms with Crippen molar-refractivity contribution in [2.75, 3.05) is 12.3 Å². The molecule has 0 saturated carbocycles. The van der Waals surface area contributed by atoms with Crippen LogP contribution in [0.25, 0.3) is 11.4 Å². The number of hydrogen-bond acceptors (Lipinski definition) is 5. The Hall–Kier alpha value is -2.93. The Morgan fingerprint density at radius 1 is 1.07 bits per heavy atom. The monoisotopic (exact) mass is 405 g/mol. The van der Waals surface area contributed by atoms with E-state index in [2.05, 4.69) is 45.8 Å². The predicted molar refractivity (Wildman–Crippen MR) is 116 cm³/mol. The molecule has 2 aromatic carbocycles. The first-order valence-corrected chi connectivity index (χ1v) is 10.7. The summed E-state index contributed by atoms with van der Waals surface area (Å²) in [5.74, 6) is 1.12. The molecule has 1 aliphatic rings. The number of nitrogens with zero attached hydrogens (tertiary/aromatic N) is 5. The highest BCUT2D eigenvalue weighted by Gasteiger charge is 2.23. The van der Waals surface area contributed by atoms with E-state index in [1.165, 1.54) is 11.8 Å². The Kier molecular flexibility index (Phi) is 5.76. The summed E-state index contributed by atoms with van der Waals surface area (Å²) < 4.78 is 2.06. The van der Waals surface area contributed by atoms with Crippen molar-refractivity contribution in [1.82, 2.24) is 19.8 Å². The smallest absolute Gasteiger partial charge is 0.253 e. The zero-order valence-corrected chi connectivity index (χ0v) is 17.4. The average Bonchev–Trinajstić information content (AvgIpc) is 3.40. The van der Waals surface area contributed by atoms with E-state index in [0.717, 1.165) is 46.3 Å². The summed E-state index contributed by atoms with van der Waals surface area (Å²) in [4.78, 5) is 12.7. The lowest BCUT2D eigenvalue weighted by Gasteiger charge is -2.12. The van der Waals surface area contributed by atoms with Crippen molar-refractivity contribution in [1.29, 1.82) is 0 Å². The third-order valence-corrected chi connectivity index (χ3v) is 5.89. The molecule has 0 fully saturated rings. The van der Waals surface area contributed by atoms with E-state index < -0.39 is 0 Å². The lowest BCUT2D eigenvalue weighted by atomic mass is 10.1. The van der Waals surface area contributed by atoms with E-state index in [4.69, 9.17) is 0 Å². The minimum Gasteiger partial charge on any atom is -0.302 e. The van der Waals surface area contributed by atoms with Crippen LogP contribution in [0.1, 0.15) is 24.5 Å². The molecular weight excluding hydrogens is 382 g/mol. The number of thioether (sulfide) groups is 1. The topological polar surface area (TPSA) is 63.4 Å². The van der Waals surface area contributed by atoms with E-state index in [-0.39, 0.29) is 11.7 Å². The molecule has 7 heteroatoms. The summed E-state index contributed by atoms with van der Waals surface area (Å²) >= 11 is 1.41. The van der Waals surface area contributed by atoms with Crippen LogP contribution in [0, 0.1) is 6.92 Å². The van der Waals surface area contributed by atoms with Gasteiger partial charge < -0.3 is 4.57 Å². The standard InChI is InChI=1S/C22H23N5OS/c1-3-26-21(18-12-8-7-9-16(18)2)23-24-22(26)29-15-20(28)27-14-13-19(25-27)17-10-5-4-6-11-17/h4-12H,3,13-15H2,1-2H3. The van der Waals surface area contributed by atoms with Gasteiger partial charge in [0.2, 0.25) is 0 Å². The number of carbonyl (C=O) groups excluding carboxylic acids is 1. The Morgan fingerprint density at radius 2 is 1.83 bits per heavy atom. The fourth-order valence-electron chi connectivity index (χ4n) is 3.37. The molecule has 1 amide bonds. The molecule has 0 unspecified atom stereocenters. The van der Waals surface area contributed by atoms with Gasteiger partial charge in [0.25, 0.3) is 5.91 Å². The molecule has 1 aromatic heterocycles. The van der Waals surface area contributed by atoms with Crippen molar-refractivity contribution in [3.05, 3.63) is 65.7 Å². The maximum atomic E-state index is 12.7. The molecule has 0 aliphatic carbocycles. The van der Waals surface area contributed by atoms with Gasteiger partial charge in [-0.15, -0.1) is 10.2 Å². The molecule has 4 rings (SSSR count). The lowest BCUT2D eigenvalue weighted by Crippen LogP contribution is -2.25. The second-order valence-corrected chi connectivity index (χ2v) is 7.78. The fraction of sp³-hybridized carbons (Fsp3) is 0.273. The Balaban J connectivity index is 1.45. The number of hydrazone groups is 1. The molecule has 3 aromatic rings. The molecule has 1 aliphatic heterocycles. The van der Waals surface area contributed by atoms with Gasteiger partial charge in [0, 0.05) is 18.5 Å². The summed E-state index contributed by atoms with van der Waals surface area (Å²) in [7, 11) is 0.